The minimum absolute atomic E-state index is 0.126. The second-order valence-corrected chi connectivity index (χ2v) is 8.45. The molecule has 3 aromatic carbocycles. The van der Waals surface area contributed by atoms with E-state index in [2.05, 4.69) is 31.9 Å². The summed E-state index contributed by atoms with van der Waals surface area (Å²) in [4.78, 5) is 24.9. The van der Waals surface area contributed by atoms with Gasteiger partial charge in [-0.05, 0) is 70.1 Å². The summed E-state index contributed by atoms with van der Waals surface area (Å²) in [6.45, 7) is 0.868. The van der Waals surface area contributed by atoms with Gasteiger partial charge in [0.1, 0.15) is 12.4 Å². The molecule has 34 heavy (non-hydrogen) atoms. The SMILES string of the molecule is COCCOc1ccc(C(=O)NC(=S)Nc2cccc(NC(=O)Cc3ccccc3)c2)cc1Br. The Hall–Kier alpha value is -3.27. The molecule has 3 rings (SSSR count). The number of methoxy groups -OCH3 is 1. The molecule has 2 amide bonds. The van der Waals surface area contributed by atoms with Gasteiger partial charge in [0.15, 0.2) is 5.11 Å². The van der Waals surface area contributed by atoms with Crippen molar-refractivity contribution >= 4 is 56.4 Å². The average molecular weight is 542 g/mol. The van der Waals surface area contributed by atoms with Crippen LogP contribution in [-0.4, -0.2) is 37.3 Å². The zero-order valence-electron chi connectivity index (χ0n) is 18.5. The van der Waals surface area contributed by atoms with Gasteiger partial charge in [-0.3, -0.25) is 14.9 Å². The molecule has 0 aliphatic carbocycles. The number of carbonyl (C=O) groups is 2. The summed E-state index contributed by atoms with van der Waals surface area (Å²) < 4.78 is 11.2. The van der Waals surface area contributed by atoms with Crippen molar-refractivity contribution in [1.29, 1.82) is 0 Å². The Morgan fingerprint density at radius 3 is 2.35 bits per heavy atom. The molecule has 0 heterocycles. The summed E-state index contributed by atoms with van der Waals surface area (Å²) in [6, 6.07) is 21.6. The Morgan fingerprint density at radius 1 is 0.912 bits per heavy atom. The molecule has 0 fully saturated rings. The second-order valence-electron chi connectivity index (χ2n) is 7.19. The van der Waals surface area contributed by atoms with Crippen molar-refractivity contribution in [3.8, 4) is 5.75 Å². The van der Waals surface area contributed by atoms with E-state index in [4.69, 9.17) is 21.7 Å². The van der Waals surface area contributed by atoms with Crippen molar-refractivity contribution in [3.63, 3.8) is 0 Å². The molecule has 0 aromatic heterocycles. The Labute approximate surface area is 212 Å². The number of amides is 2. The molecule has 0 atom stereocenters. The fourth-order valence-corrected chi connectivity index (χ4v) is 3.70. The highest BCUT2D eigenvalue weighted by molar-refractivity contribution is 9.10. The lowest BCUT2D eigenvalue weighted by atomic mass is 10.1. The smallest absolute Gasteiger partial charge is 0.257 e. The summed E-state index contributed by atoms with van der Waals surface area (Å²) in [5.74, 6) is 0.119. The molecule has 0 bridgehead atoms. The molecule has 176 valence electrons. The number of carbonyl (C=O) groups excluding carboxylic acids is 2. The molecule has 3 aromatic rings. The van der Waals surface area contributed by atoms with Crippen LogP contribution in [0.1, 0.15) is 15.9 Å². The van der Waals surface area contributed by atoms with Crippen molar-refractivity contribution in [2.75, 3.05) is 31.0 Å². The molecule has 0 saturated carbocycles. The largest absolute Gasteiger partial charge is 0.490 e. The van der Waals surface area contributed by atoms with Gasteiger partial charge in [-0.2, -0.15) is 0 Å². The van der Waals surface area contributed by atoms with Gasteiger partial charge >= 0.3 is 0 Å². The van der Waals surface area contributed by atoms with E-state index in [1.807, 2.05) is 30.3 Å². The highest BCUT2D eigenvalue weighted by atomic mass is 79.9. The number of thiocarbonyl (C=S) groups is 1. The lowest BCUT2D eigenvalue weighted by Crippen LogP contribution is -2.34. The van der Waals surface area contributed by atoms with Crippen LogP contribution in [0.5, 0.6) is 5.75 Å². The minimum Gasteiger partial charge on any atom is -0.490 e. The van der Waals surface area contributed by atoms with E-state index < -0.39 is 0 Å². The number of rotatable bonds is 9. The Bertz CT molecular complexity index is 1160. The van der Waals surface area contributed by atoms with Crippen LogP contribution in [-0.2, 0) is 16.0 Å². The molecule has 0 aliphatic heterocycles. The first-order chi connectivity index (χ1) is 16.4. The first kappa shape index (κ1) is 25.4. The van der Waals surface area contributed by atoms with Crippen molar-refractivity contribution < 1.29 is 19.1 Å². The lowest BCUT2D eigenvalue weighted by Gasteiger charge is -2.12. The monoisotopic (exact) mass is 541 g/mol. The third-order valence-corrected chi connectivity index (χ3v) is 5.40. The van der Waals surface area contributed by atoms with Gasteiger partial charge < -0.3 is 20.1 Å². The Kier molecular flexibility index (Phi) is 9.57. The van der Waals surface area contributed by atoms with Crippen LogP contribution in [0.15, 0.2) is 77.3 Å². The van der Waals surface area contributed by atoms with E-state index in [-0.39, 0.29) is 23.3 Å². The molecule has 0 spiro atoms. The Morgan fingerprint density at radius 2 is 1.65 bits per heavy atom. The summed E-state index contributed by atoms with van der Waals surface area (Å²) in [5.41, 5.74) is 2.59. The van der Waals surface area contributed by atoms with E-state index >= 15 is 0 Å². The van der Waals surface area contributed by atoms with Crippen molar-refractivity contribution in [3.05, 3.63) is 88.4 Å². The average Bonchev–Trinajstić information content (AvgIpc) is 2.81. The predicted molar refractivity (Wildman–Crippen MR) is 140 cm³/mol. The first-order valence-electron chi connectivity index (χ1n) is 10.4. The van der Waals surface area contributed by atoms with Gasteiger partial charge in [0.25, 0.3) is 5.91 Å². The number of benzene rings is 3. The van der Waals surface area contributed by atoms with Crippen LogP contribution in [0.25, 0.3) is 0 Å². The molecular weight excluding hydrogens is 518 g/mol. The molecule has 3 N–H and O–H groups in total. The van der Waals surface area contributed by atoms with Gasteiger partial charge in [-0.15, -0.1) is 0 Å². The number of nitrogens with one attached hydrogen (secondary N) is 3. The molecule has 0 saturated heterocycles. The molecule has 9 heteroatoms. The number of halogens is 1. The van der Waals surface area contributed by atoms with Crippen molar-refractivity contribution in [2.24, 2.45) is 0 Å². The number of ether oxygens (including phenoxy) is 2. The maximum atomic E-state index is 12.6. The van der Waals surface area contributed by atoms with E-state index in [1.54, 1.807) is 49.6 Å². The Balaban J connectivity index is 1.54. The maximum Gasteiger partial charge on any atom is 0.257 e. The van der Waals surface area contributed by atoms with Gasteiger partial charge in [0, 0.05) is 24.0 Å². The van der Waals surface area contributed by atoms with Crippen molar-refractivity contribution in [2.45, 2.75) is 6.42 Å². The zero-order valence-corrected chi connectivity index (χ0v) is 20.9. The number of hydrogen-bond acceptors (Lipinski definition) is 5. The first-order valence-corrected chi connectivity index (χ1v) is 11.6. The maximum absolute atomic E-state index is 12.6. The third-order valence-electron chi connectivity index (χ3n) is 4.58. The van der Waals surface area contributed by atoms with E-state index in [0.717, 1.165) is 5.56 Å². The number of hydrogen-bond donors (Lipinski definition) is 3. The number of anilines is 2. The van der Waals surface area contributed by atoms with Gasteiger partial charge in [0.2, 0.25) is 5.91 Å². The molecule has 0 radical (unpaired) electrons. The summed E-state index contributed by atoms with van der Waals surface area (Å²) in [5, 5.41) is 8.61. The van der Waals surface area contributed by atoms with E-state index in [0.29, 0.717) is 40.4 Å². The molecule has 7 nitrogen and oxygen atoms in total. The predicted octanol–water partition coefficient (Wildman–Crippen LogP) is 4.78. The lowest BCUT2D eigenvalue weighted by molar-refractivity contribution is -0.115. The fourth-order valence-electron chi connectivity index (χ4n) is 2.99. The minimum atomic E-state index is -0.367. The summed E-state index contributed by atoms with van der Waals surface area (Å²) >= 11 is 8.69. The van der Waals surface area contributed by atoms with Crippen LogP contribution >= 0.6 is 28.1 Å². The molecule has 0 aliphatic rings. The summed E-state index contributed by atoms with van der Waals surface area (Å²) in [7, 11) is 1.60. The van der Waals surface area contributed by atoms with Gasteiger partial charge in [0.05, 0.1) is 17.5 Å². The van der Waals surface area contributed by atoms with Crippen LogP contribution in [0, 0.1) is 0 Å². The van der Waals surface area contributed by atoms with Crippen LogP contribution in [0.4, 0.5) is 11.4 Å². The highest BCUT2D eigenvalue weighted by Crippen LogP contribution is 2.26. The second kappa shape index (κ2) is 12.8. The molecular formula is C25H24BrN3O4S. The van der Waals surface area contributed by atoms with Gasteiger partial charge in [-0.1, -0.05) is 36.4 Å². The van der Waals surface area contributed by atoms with E-state index in [1.165, 1.54) is 0 Å². The van der Waals surface area contributed by atoms with Crippen LogP contribution in [0.3, 0.4) is 0 Å². The van der Waals surface area contributed by atoms with Crippen molar-refractivity contribution in [1.82, 2.24) is 5.32 Å². The molecule has 0 unspecified atom stereocenters. The quantitative estimate of drug-likeness (QED) is 0.267. The standard InChI is InChI=1S/C25H24BrN3O4S/c1-32-12-13-33-22-11-10-18(15-21(22)26)24(31)29-25(34)28-20-9-5-8-19(16-20)27-23(30)14-17-6-3-2-4-7-17/h2-11,15-16H,12-14H2,1H3,(H,27,30)(H2,28,29,31,34). The fraction of sp³-hybridized carbons (Fsp3) is 0.160. The van der Waals surface area contributed by atoms with Crippen LogP contribution in [0.2, 0.25) is 0 Å². The van der Waals surface area contributed by atoms with E-state index in [9.17, 15) is 9.59 Å². The third kappa shape index (κ3) is 7.95. The highest BCUT2D eigenvalue weighted by Gasteiger charge is 2.12. The summed E-state index contributed by atoms with van der Waals surface area (Å²) in [6.07, 6.45) is 0.277. The normalized spacial score (nSPS) is 10.3. The topological polar surface area (TPSA) is 88.7 Å². The zero-order chi connectivity index (χ0) is 24.3. The van der Waals surface area contributed by atoms with Crippen LogP contribution < -0.4 is 20.7 Å². The van der Waals surface area contributed by atoms with Gasteiger partial charge in [-0.25, -0.2) is 0 Å².